The molecule has 5 unspecified atom stereocenters. The number of hydrogen-bond acceptors (Lipinski definition) is 3. The van der Waals surface area contributed by atoms with E-state index in [1.54, 1.807) is 0 Å². The van der Waals surface area contributed by atoms with Crippen LogP contribution in [-0.4, -0.2) is 54.0 Å². The number of carbonyl (C=O) groups excluding carboxylic acids is 1. The highest BCUT2D eigenvalue weighted by atomic mass is 16.2. The average molecular weight is 267 g/mol. The molecular formula is C15H29N3O. The van der Waals surface area contributed by atoms with Gasteiger partial charge in [-0.05, 0) is 39.7 Å². The highest BCUT2D eigenvalue weighted by molar-refractivity contribution is 5.80. The van der Waals surface area contributed by atoms with Gasteiger partial charge in [0, 0.05) is 31.2 Å². The van der Waals surface area contributed by atoms with Crippen molar-refractivity contribution in [3.63, 3.8) is 0 Å². The van der Waals surface area contributed by atoms with E-state index >= 15 is 0 Å². The van der Waals surface area contributed by atoms with E-state index < -0.39 is 0 Å². The number of carbonyl (C=O) groups is 1. The molecule has 2 aliphatic rings. The van der Waals surface area contributed by atoms with Gasteiger partial charge in [0.05, 0.1) is 5.92 Å². The maximum Gasteiger partial charge on any atom is 0.227 e. The molecule has 0 bridgehead atoms. The first kappa shape index (κ1) is 14.8. The maximum atomic E-state index is 12.7. The number of nitrogens with zero attached hydrogens (tertiary/aromatic N) is 2. The molecule has 1 aliphatic heterocycles. The summed E-state index contributed by atoms with van der Waals surface area (Å²) in [7, 11) is 2.14. The van der Waals surface area contributed by atoms with Crippen LogP contribution in [-0.2, 0) is 4.79 Å². The van der Waals surface area contributed by atoms with Crippen LogP contribution in [0.15, 0.2) is 0 Å². The van der Waals surface area contributed by atoms with Gasteiger partial charge in [-0.3, -0.25) is 9.69 Å². The Hall–Kier alpha value is -0.610. The van der Waals surface area contributed by atoms with Crippen molar-refractivity contribution in [3.8, 4) is 0 Å². The van der Waals surface area contributed by atoms with Gasteiger partial charge in [0.2, 0.25) is 5.91 Å². The third-order valence-electron chi connectivity index (χ3n) is 5.28. The molecule has 1 saturated heterocycles. The molecule has 4 heteroatoms. The van der Waals surface area contributed by atoms with Crippen molar-refractivity contribution in [3.05, 3.63) is 0 Å². The van der Waals surface area contributed by atoms with Gasteiger partial charge < -0.3 is 10.6 Å². The Labute approximate surface area is 117 Å². The van der Waals surface area contributed by atoms with E-state index in [0.717, 1.165) is 25.9 Å². The van der Waals surface area contributed by atoms with Crippen LogP contribution in [0.5, 0.6) is 0 Å². The van der Waals surface area contributed by atoms with E-state index in [9.17, 15) is 4.79 Å². The SMILES string of the molecule is CC1CCCC(C(=O)N2CC(C)N(C)C(C)C2)C1N. The molecule has 1 saturated carbocycles. The minimum absolute atomic E-state index is 0.0477. The molecule has 0 radical (unpaired) electrons. The van der Waals surface area contributed by atoms with Crippen LogP contribution in [0.4, 0.5) is 0 Å². The third-order valence-corrected chi connectivity index (χ3v) is 5.28. The normalized spacial score (nSPS) is 41.3. The number of rotatable bonds is 1. The fourth-order valence-corrected chi connectivity index (χ4v) is 3.55. The van der Waals surface area contributed by atoms with Gasteiger partial charge in [-0.1, -0.05) is 13.3 Å². The highest BCUT2D eigenvalue weighted by Gasteiger charge is 2.38. The van der Waals surface area contributed by atoms with Crippen LogP contribution in [0.3, 0.4) is 0 Å². The number of hydrogen-bond donors (Lipinski definition) is 1. The predicted octanol–water partition coefficient (Wildman–Crippen LogP) is 1.30. The molecule has 1 aliphatic carbocycles. The second-order valence-electron chi connectivity index (χ2n) is 6.70. The van der Waals surface area contributed by atoms with Crippen molar-refractivity contribution in [1.82, 2.24) is 9.80 Å². The summed E-state index contributed by atoms with van der Waals surface area (Å²) in [5.41, 5.74) is 6.27. The summed E-state index contributed by atoms with van der Waals surface area (Å²) in [6, 6.07) is 0.918. The Morgan fingerprint density at radius 2 is 1.68 bits per heavy atom. The lowest BCUT2D eigenvalue weighted by molar-refractivity contribution is -0.141. The number of amides is 1. The molecule has 2 N–H and O–H groups in total. The molecule has 110 valence electrons. The molecule has 0 aromatic carbocycles. The molecule has 1 amide bonds. The lowest BCUT2D eigenvalue weighted by Gasteiger charge is -2.45. The summed E-state index contributed by atoms with van der Waals surface area (Å²) in [5.74, 6) is 0.822. The fraction of sp³-hybridized carbons (Fsp3) is 0.933. The quantitative estimate of drug-likeness (QED) is 0.779. The first-order valence-electron chi connectivity index (χ1n) is 7.68. The van der Waals surface area contributed by atoms with E-state index in [4.69, 9.17) is 5.73 Å². The summed E-state index contributed by atoms with van der Waals surface area (Å²) in [5, 5.41) is 0. The van der Waals surface area contributed by atoms with Gasteiger partial charge >= 0.3 is 0 Å². The van der Waals surface area contributed by atoms with Crippen LogP contribution >= 0.6 is 0 Å². The van der Waals surface area contributed by atoms with Crippen molar-refractivity contribution in [2.75, 3.05) is 20.1 Å². The summed E-state index contributed by atoms with van der Waals surface area (Å²) >= 11 is 0. The van der Waals surface area contributed by atoms with Crippen LogP contribution in [0, 0.1) is 11.8 Å². The van der Waals surface area contributed by atoms with E-state index in [0.29, 0.717) is 23.9 Å². The Bertz CT molecular complexity index is 321. The minimum atomic E-state index is 0.0477. The Balaban J connectivity index is 2.03. The first-order valence-corrected chi connectivity index (χ1v) is 7.68. The monoisotopic (exact) mass is 267 g/mol. The first-order chi connectivity index (χ1) is 8.91. The molecule has 5 atom stereocenters. The van der Waals surface area contributed by atoms with E-state index in [2.05, 4.69) is 37.6 Å². The molecular weight excluding hydrogens is 238 g/mol. The molecule has 0 aromatic heterocycles. The zero-order valence-electron chi connectivity index (χ0n) is 12.8. The van der Waals surface area contributed by atoms with Gasteiger partial charge in [0.15, 0.2) is 0 Å². The third kappa shape index (κ3) is 2.95. The highest BCUT2D eigenvalue weighted by Crippen LogP contribution is 2.30. The van der Waals surface area contributed by atoms with Gasteiger partial charge in [-0.2, -0.15) is 0 Å². The van der Waals surface area contributed by atoms with Gasteiger partial charge in [-0.25, -0.2) is 0 Å². The van der Waals surface area contributed by atoms with Crippen molar-refractivity contribution in [2.45, 2.75) is 58.2 Å². The Kier molecular flexibility index (Phi) is 4.51. The standard InChI is InChI=1S/C15H29N3O/c1-10-6-5-7-13(14(10)16)15(19)18-8-11(2)17(4)12(3)9-18/h10-14H,5-9,16H2,1-4H3. The molecule has 4 nitrogen and oxygen atoms in total. The van der Waals surface area contributed by atoms with Gasteiger partial charge in [0.25, 0.3) is 0 Å². The average Bonchev–Trinajstić information content (AvgIpc) is 2.38. The van der Waals surface area contributed by atoms with Crippen molar-refractivity contribution in [1.29, 1.82) is 0 Å². The van der Waals surface area contributed by atoms with E-state index in [1.165, 1.54) is 6.42 Å². The topological polar surface area (TPSA) is 49.6 Å². The van der Waals surface area contributed by atoms with Crippen molar-refractivity contribution >= 4 is 5.91 Å². The molecule has 0 spiro atoms. The second-order valence-corrected chi connectivity index (χ2v) is 6.70. The fourth-order valence-electron chi connectivity index (χ4n) is 3.55. The zero-order valence-corrected chi connectivity index (χ0v) is 12.8. The summed E-state index contributed by atoms with van der Waals surface area (Å²) < 4.78 is 0. The van der Waals surface area contributed by atoms with Gasteiger partial charge in [-0.15, -0.1) is 0 Å². The lowest BCUT2D eigenvalue weighted by atomic mass is 9.77. The van der Waals surface area contributed by atoms with Crippen LogP contribution in [0.2, 0.25) is 0 Å². The largest absolute Gasteiger partial charge is 0.339 e. The predicted molar refractivity (Wildman–Crippen MR) is 77.7 cm³/mol. The molecule has 19 heavy (non-hydrogen) atoms. The smallest absolute Gasteiger partial charge is 0.227 e. The lowest BCUT2D eigenvalue weighted by Crippen LogP contribution is -2.59. The summed E-state index contributed by atoms with van der Waals surface area (Å²) in [6.07, 6.45) is 3.28. The Morgan fingerprint density at radius 1 is 1.11 bits per heavy atom. The Morgan fingerprint density at radius 3 is 2.26 bits per heavy atom. The number of nitrogens with two attached hydrogens (primary N) is 1. The van der Waals surface area contributed by atoms with E-state index in [-0.39, 0.29) is 12.0 Å². The number of piperazine rings is 1. The van der Waals surface area contributed by atoms with Crippen molar-refractivity contribution in [2.24, 2.45) is 17.6 Å². The zero-order chi connectivity index (χ0) is 14.2. The molecule has 2 fully saturated rings. The number of likely N-dealkylation sites (N-methyl/N-ethyl adjacent to an activating group) is 1. The van der Waals surface area contributed by atoms with Gasteiger partial charge in [0.1, 0.15) is 0 Å². The molecule has 1 heterocycles. The van der Waals surface area contributed by atoms with Crippen LogP contribution < -0.4 is 5.73 Å². The molecule has 0 aromatic rings. The van der Waals surface area contributed by atoms with Crippen LogP contribution in [0.25, 0.3) is 0 Å². The minimum Gasteiger partial charge on any atom is -0.339 e. The second kappa shape index (κ2) is 5.80. The van der Waals surface area contributed by atoms with E-state index in [1.807, 2.05) is 0 Å². The van der Waals surface area contributed by atoms with Crippen LogP contribution in [0.1, 0.15) is 40.0 Å². The summed E-state index contributed by atoms with van der Waals surface area (Å²) in [6.45, 7) is 8.26. The molecule has 2 rings (SSSR count). The van der Waals surface area contributed by atoms with Crippen molar-refractivity contribution < 1.29 is 4.79 Å². The maximum absolute atomic E-state index is 12.7. The summed E-state index contributed by atoms with van der Waals surface area (Å²) in [4.78, 5) is 17.1.